The van der Waals surface area contributed by atoms with Crippen LogP contribution in [0.15, 0.2) is 45.8 Å². The second kappa shape index (κ2) is 6.68. The Bertz CT molecular complexity index is 1260. The number of hydrogen-bond acceptors (Lipinski definition) is 6. The zero-order valence-corrected chi connectivity index (χ0v) is 14.4. The Kier molecular flexibility index (Phi) is 4.18. The van der Waals surface area contributed by atoms with Crippen LogP contribution in [0, 0.1) is 18.6 Å². The number of pyridine rings is 1. The summed E-state index contributed by atoms with van der Waals surface area (Å²) in [4.78, 5) is 28.6. The summed E-state index contributed by atoms with van der Waals surface area (Å²) in [7, 11) is 0. The molecule has 4 rings (SSSR count). The van der Waals surface area contributed by atoms with Gasteiger partial charge < -0.3 is 9.84 Å². The first-order valence-electron chi connectivity index (χ1n) is 8.05. The van der Waals surface area contributed by atoms with Crippen molar-refractivity contribution in [3.8, 4) is 11.5 Å². The number of benzene rings is 1. The predicted molar refractivity (Wildman–Crippen MR) is 92.5 cm³/mol. The summed E-state index contributed by atoms with van der Waals surface area (Å²) >= 11 is 0. The van der Waals surface area contributed by atoms with E-state index in [2.05, 4.69) is 20.6 Å². The van der Waals surface area contributed by atoms with Crippen LogP contribution in [-0.2, 0) is 11.3 Å². The monoisotopic (exact) mass is 386 g/mol. The summed E-state index contributed by atoms with van der Waals surface area (Å²) in [5.74, 6) is -1.51. The van der Waals surface area contributed by atoms with E-state index in [1.54, 1.807) is 19.1 Å². The summed E-state index contributed by atoms with van der Waals surface area (Å²) < 4.78 is 34.0. The van der Waals surface area contributed by atoms with Crippen LogP contribution in [0.2, 0.25) is 0 Å². The molecule has 0 aliphatic rings. The highest BCUT2D eigenvalue weighted by molar-refractivity contribution is 5.90. The predicted octanol–water partition coefficient (Wildman–Crippen LogP) is 1.77. The van der Waals surface area contributed by atoms with Crippen LogP contribution in [0.3, 0.4) is 0 Å². The van der Waals surface area contributed by atoms with Gasteiger partial charge in [0.05, 0.1) is 5.69 Å². The molecular formula is C17H12F2N6O3. The standard InChI is InChI=1S/C17H12F2N6O3/c1-9-20-16(28-23-9)10-4-5-24-14(6-10)22-25(17(24)27)8-15(26)21-13-7-11(18)2-3-12(13)19/h2-7H,8H2,1H3,(H,21,26). The van der Waals surface area contributed by atoms with Gasteiger partial charge in [-0.15, -0.1) is 5.10 Å². The minimum Gasteiger partial charge on any atom is -0.334 e. The van der Waals surface area contributed by atoms with Gasteiger partial charge in [-0.25, -0.2) is 18.3 Å². The van der Waals surface area contributed by atoms with E-state index in [1.165, 1.54) is 10.6 Å². The molecule has 0 atom stereocenters. The zero-order chi connectivity index (χ0) is 19.8. The van der Waals surface area contributed by atoms with Gasteiger partial charge in [-0.2, -0.15) is 4.98 Å². The van der Waals surface area contributed by atoms with Crippen LogP contribution >= 0.6 is 0 Å². The topological polar surface area (TPSA) is 107 Å². The number of aryl methyl sites for hydroxylation is 1. The number of aromatic nitrogens is 5. The summed E-state index contributed by atoms with van der Waals surface area (Å²) in [5, 5.41) is 9.99. The number of anilines is 1. The maximum absolute atomic E-state index is 13.6. The molecule has 0 unspecified atom stereocenters. The lowest BCUT2D eigenvalue weighted by Crippen LogP contribution is -2.28. The molecule has 1 N–H and O–H groups in total. The SMILES string of the molecule is Cc1noc(-c2ccn3c(=O)n(CC(=O)Nc4cc(F)ccc4F)nc3c2)n1. The molecule has 0 bridgehead atoms. The van der Waals surface area contributed by atoms with Gasteiger partial charge in [-0.05, 0) is 31.2 Å². The third-order valence-electron chi connectivity index (χ3n) is 3.86. The van der Waals surface area contributed by atoms with Crippen LogP contribution in [0.1, 0.15) is 5.82 Å². The van der Waals surface area contributed by atoms with Crippen molar-refractivity contribution in [2.45, 2.75) is 13.5 Å². The molecule has 142 valence electrons. The number of hydrogen-bond donors (Lipinski definition) is 1. The Hall–Kier alpha value is -3.89. The molecule has 28 heavy (non-hydrogen) atoms. The highest BCUT2D eigenvalue weighted by Gasteiger charge is 2.15. The molecule has 0 radical (unpaired) electrons. The van der Waals surface area contributed by atoms with Crippen molar-refractivity contribution in [2.75, 3.05) is 5.32 Å². The highest BCUT2D eigenvalue weighted by atomic mass is 19.1. The summed E-state index contributed by atoms with van der Waals surface area (Å²) in [6, 6.07) is 5.81. The van der Waals surface area contributed by atoms with Crippen LogP contribution in [-0.4, -0.2) is 30.2 Å². The number of carbonyl (C=O) groups excluding carboxylic acids is 1. The fourth-order valence-electron chi connectivity index (χ4n) is 2.59. The Balaban J connectivity index is 1.60. The van der Waals surface area contributed by atoms with Crippen molar-refractivity contribution in [1.82, 2.24) is 24.3 Å². The Morgan fingerprint density at radius 1 is 1.25 bits per heavy atom. The summed E-state index contributed by atoms with van der Waals surface area (Å²) in [6.07, 6.45) is 1.46. The fraction of sp³-hybridized carbons (Fsp3) is 0.118. The Morgan fingerprint density at radius 3 is 2.82 bits per heavy atom. The first kappa shape index (κ1) is 17.5. The van der Waals surface area contributed by atoms with E-state index in [0.29, 0.717) is 11.4 Å². The lowest BCUT2D eigenvalue weighted by molar-refractivity contribution is -0.117. The van der Waals surface area contributed by atoms with Crippen LogP contribution in [0.5, 0.6) is 0 Å². The molecule has 4 aromatic rings. The number of nitrogens with one attached hydrogen (secondary N) is 1. The van der Waals surface area contributed by atoms with E-state index in [4.69, 9.17) is 4.52 Å². The number of halogens is 2. The Labute approximate surface area is 155 Å². The van der Waals surface area contributed by atoms with Gasteiger partial charge >= 0.3 is 5.69 Å². The second-order valence-corrected chi connectivity index (χ2v) is 5.90. The largest absolute Gasteiger partial charge is 0.350 e. The van der Waals surface area contributed by atoms with Gasteiger partial charge in [0.15, 0.2) is 11.5 Å². The normalized spacial score (nSPS) is 11.1. The molecule has 0 fully saturated rings. The van der Waals surface area contributed by atoms with Crippen LogP contribution in [0.25, 0.3) is 17.1 Å². The number of nitrogens with zero attached hydrogens (tertiary/aromatic N) is 5. The molecule has 3 heterocycles. The molecule has 9 nitrogen and oxygen atoms in total. The van der Waals surface area contributed by atoms with Crippen molar-refractivity contribution >= 4 is 17.2 Å². The maximum atomic E-state index is 13.6. The van der Waals surface area contributed by atoms with Gasteiger partial charge in [-0.3, -0.25) is 9.20 Å². The molecular weight excluding hydrogens is 374 g/mol. The zero-order valence-electron chi connectivity index (χ0n) is 14.4. The Morgan fingerprint density at radius 2 is 2.07 bits per heavy atom. The van der Waals surface area contributed by atoms with Gasteiger partial charge in [-0.1, -0.05) is 5.16 Å². The van der Waals surface area contributed by atoms with Gasteiger partial charge in [0.1, 0.15) is 18.2 Å². The van der Waals surface area contributed by atoms with Crippen molar-refractivity contribution in [3.05, 3.63) is 64.5 Å². The van der Waals surface area contributed by atoms with E-state index in [-0.39, 0.29) is 17.2 Å². The van der Waals surface area contributed by atoms with Crippen molar-refractivity contribution in [3.63, 3.8) is 0 Å². The van der Waals surface area contributed by atoms with E-state index < -0.39 is 29.8 Å². The molecule has 1 aromatic carbocycles. The average Bonchev–Trinajstić information content (AvgIpc) is 3.22. The lowest BCUT2D eigenvalue weighted by Gasteiger charge is -2.05. The number of carbonyl (C=O) groups is 1. The van der Waals surface area contributed by atoms with E-state index in [9.17, 15) is 18.4 Å². The molecule has 0 aliphatic carbocycles. The van der Waals surface area contributed by atoms with Crippen LogP contribution in [0.4, 0.5) is 14.5 Å². The maximum Gasteiger partial charge on any atom is 0.350 e. The smallest absolute Gasteiger partial charge is 0.334 e. The minimum absolute atomic E-state index is 0.253. The second-order valence-electron chi connectivity index (χ2n) is 5.90. The molecule has 11 heteroatoms. The average molecular weight is 386 g/mol. The van der Waals surface area contributed by atoms with Gasteiger partial charge in [0.2, 0.25) is 5.91 Å². The van der Waals surface area contributed by atoms with E-state index >= 15 is 0 Å². The fourth-order valence-corrected chi connectivity index (χ4v) is 2.59. The first-order chi connectivity index (χ1) is 13.4. The van der Waals surface area contributed by atoms with Gasteiger partial charge in [0.25, 0.3) is 5.89 Å². The molecule has 0 saturated carbocycles. The molecule has 3 aromatic heterocycles. The molecule has 1 amide bonds. The number of amides is 1. The number of rotatable bonds is 4. The highest BCUT2D eigenvalue weighted by Crippen LogP contribution is 2.18. The van der Waals surface area contributed by atoms with E-state index in [1.807, 2.05) is 0 Å². The van der Waals surface area contributed by atoms with Crippen molar-refractivity contribution in [2.24, 2.45) is 0 Å². The number of fused-ring (bicyclic) bond motifs is 1. The molecule has 0 saturated heterocycles. The quantitative estimate of drug-likeness (QED) is 0.573. The van der Waals surface area contributed by atoms with Gasteiger partial charge in [0, 0.05) is 17.8 Å². The van der Waals surface area contributed by atoms with E-state index in [0.717, 1.165) is 22.9 Å². The lowest BCUT2D eigenvalue weighted by atomic mass is 10.2. The third-order valence-corrected chi connectivity index (χ3v) is 3.86. The summed E-state index contributed by atoms with van der Waals surface area (Å²) in [5.41, 5.74) is -0.0893. The first-order valence-corrected chi connectivity index (χ1v) is 8.05. The molecule has 0 aliphatic heterocycles. The van der Waals surface area contributed by atoms with Crippen molar-refractivity contribution in [1.29, 1.82) is 0 Å². The van der Waals surface area contributed by atoms with Crippen LogP contribution < -0.4 is 11.0 Å². The summed E-state index contributed by atoms with van der Waals surface area (Å²) in [6.45, 7) is 1.19. The minimum atomic E-state index is -0.795. The van der Waals surface area contributed by atoms with Crippen molar-refractivity contribution < 1.29 is 18.1 Å². The molecule has 0 spiro atoms. The third kappa shape index (κ3) is 3.24.